The van der Waals surface area contributed by atoms with Crippen LogP contribution in [0.5, 0.6) is 5.75 Å². The molecule has 0 aromatic heterocycles. The summed E-state index contributed by atoms with van der Waals surface area (Å²) in [6.07, 6.45) is -10.7. The molecule has 0 heterocycles. The van der Waals surface area contributed by atoms with Crippen LogP contribution in [0.4, 0.5) is 26.3 Å². The molecule has 1 aromatic rings. The lowest BCUT2D eigenvalue weighted by Crippen LogP contribution is -2.35. The van der Waals surface area contributed by atoms with Gasteiger partial charge in [0.2, 0.25) is 0 Å². The first-order valence-corrected chi connectivity index (χ1v) is 7.06. The Labute approximate surface area is 136 Å². The summed E-state index contributed by atoms with van der Waals surface area (Å²) < 4.78 is 92.3. The third-order valence-electron chi connectivity index (χ3n) is 2.56. The van der Waals surface area contributed by atoms with Gasteiger partial charge in [-0.3, -0.25) is 0 Å². The predicted molar refractivity (Wildman–Crippen MR) is 75.3 cm³/mol. The van der Waals surface area contributed by atoms with Crippen molar-refractivity contribution in [2.45, 2.75) is 52.3 Å². The maximum atomic E-state index is 12.8. The van der Waals surface area contributed by atoms with E-state index in [-0.39, 0.29) is 6.07 Å². The molecule has 0 fully saturated rings. The second-order valence-corrected chi connectivity index (χ2v) is 5.52. The number of benzene rings is 1. The molecule has 0 spiro atoms. The molecular formula is C14H17BF6O3. The fourth-order valence-electron chi connectivity index (χ4n) is 1.64. The summed E-state index contributed by atoms with van der Waals surface area (Å²) in [5.41, 5.74) is -2.94. The van der Waals surface area contributed by atoms with Gasteiger partial charge >= 0.3 is 19.7 Å². The van der Waals surface area contributed by atoms with Gasteiger partial charge in [0.25, 0.3) is 0 Å². The molecule has 0 atom stereocenters. The van der Waals surface area contributed by atoms with Gasteiger partial charge in [-0.15, -0.1) is 0 Å². The molecule has 0 saturated heterocycles. The van der Waals surface area contributed by atoms with Crippen LogP contribution < -0.4 is 4.65 Å². The topological polar surface area (TPSA) is 27.7 Å². The van der Waals surface area contributed by atoms with E-state index in [1.807, 2.05) is 0 Å². The first-order chi connectivity index (χ1) is 10.8. The molecule has 0 N–H and O–H groups in total. The second-order valence-electron chi connectivity index (χ2n) is 5.52. The highest BCUT2D eigenvalue weighted by molar-refractivity contribution is 6.37. The van der Waals surface area contributed by atoms with Crippen LogP contribution in [0.25, 0.3) is 0 Å². The lowest BCUT2D eigenvalue weighted by atomic mass is 10.1. The maximum absolute atomic E-state index is 12.8. The van der Waals surface area contributed by atoms with Crippen LogP contribution in [0.2, 0.25) is 0 Å². The van der Waals surface area contributed by atoms with Crippen molar-refractivity contribution in [3.63, 3.8) is 0 Å². The van der Waals surface area contributed by atoms with Gasteiger partial charge in [-0.25, -0.2) is 0 Å². The fraction of sp³-hybridized carbons (Fsp3) is 0.571. The minimum absolute atomic E-state index is 0.0223. The predicted octanol–water partition coefficient (Wildman–Crippen LogP) is 4.94. The van der Waals surface area contributed by atoms with Crippen LogP contribution in [0.1, 0.15) is 38.8 Å². The molecule has 24 heavy (non-hydrogen) atoms. The quantitative estimate of drug-likeness (QED) is 0.533. The highest BCUT2D eigenvalue weighted by atomic mass is 19.4. The smallest absolute Gasteiger partial charge is 0.512 e. The lowest BCUT2D eigenvalue weighted by Gasteiger charge is -2.21. The zero-order chi connectivity index (χ0) is 18.7. The van der Waals surface area contributed by atoms with Gasteiger partial charge in [0.1, 0.15) is 5.75 Å². The third-order valence-corrected chi connectivity index (χ3v) is 2.56. The molecular weight excluding hydrogens is 341 g/mol. The van der Waals surface area contributed by atoms with Gasteiger partial charge in [-0.1, -0.05) is 0 Å². The Bertz CT molecular complexity index is 500. The minimum atomic E-state index is -4.95. The van der Waals surface area contributed by atoms with E-state index in [1.165, 1.54) is 0 Å². The minimum Gasteiger partial charge on any atom is -0.512 e. The van der Waals surface area contributed by atoms with Crippen molar-refractivity contribution in [1.82, 2.24) is 0 Å². The van der Waals surface area contributed by atoms with Crippen molar-refractivity contribution in [3.05, 3.63) is 29.3 Å². The number of halogens is 6. The van der Waals surface area contributed by atoms with E-state index in [4.69, 9.17) is 14.0 Å². The van der Waals surface area contributed by atoms with Gasteiger partial charge < -0.3 is 14.0 Å². The van der Waals surface area contributed by atoms with Gasteiger partial charge in [0.05, 0.1) is 11.1 Å². The molecule has 3 nitrogen and oxygen atoms in total. The molecule has 0 unspecified atom stereocenters. The van der Waals surface area contributed by atoms with Gasteiger partial charge in [-0.05, 0) is 45.9 Å². The molecule has 10 heteroatoms. The second kappa shape index (κ2) is 7.65. The van der Waals surface area contributed by atoms with Crippen LogP contribution >= 0.6 is 0 Å². The Morgan fingerprint density at radius 2 is 1.12 bits per heavy atom. The van der Waals surface area contributed by atoms with Crippen LogP contribution in [0, 0.1) is 0 Å². The van der Waals surface area contributed by atoms with Crippen molar-refractivity contribution in [3.8, 4) is 5.75 Å². The molecule has 1 aromatic carbocycles. The molecule has 0 aliphatic carbocycles. The normalized spacial score (nSPS) is 12.8. The zero-order valence-corrected chi connectivity index (χ0v) is 13.5. The highest BCUT2D eigenvalue weighted by Gasteiger charge is 2.38. The van der Waals surface area contributed by atoms with E-state index in [9.17, 15) is 26.3 Å². The van der Waals surface area contributed by atoms with Gasteiger partial charge in [0, 0.05) is 12.2 Å². The van der Waals surface area contributed by atoms with E-state index in [1.54, 1.807) is 27.7 Å². The van der Waals surface area contributed by atoms with Crippen molar-refractivity contribution in [1.29, 1.82) is 0 Å². The van der Waals surface area contributed by atoms with Gasteiger partial charge in [-0.2, -0.15) is 26.3 Å². The van der Waals surface area contributed by atoms with Crippen molar-refractivity contribution in [2.24, 2.45) is 0 Å². The zero-order valence-electron chi connectivity index (χ0n) is 13.5. The Hall–Kier alpha value is -1.42. The van der Waals surface area contributed by atoms with Crippen LogP contribution in [-0.4, -0.2) is 19.5 Å². The molecule has 0 radical (unpaired) electrons. The molecule has 0 aliphatic rings. The maximum Gasteiger partial charge on any atom is 0.713 e. The Kier molecular flexibility index (Phi) is 6.57. The Balaban J connectivity index is 3.20. The molecule has 0 amide bonds. The first kappa shape index (κ1) is 20.6. The molecule has 0 bridgehead atoms. The average molecular weight is 358 g/mol. The number of hydrogen-bond acceptors (Lipinski definition) is 3. The van der Waals surface area contributed by atoms with Crippen LogP contribution in [0.15, 0.2) is 18.2 Å². The van der Waals surface area contributed by atoms with Crippen LogP contribution in [-0.2, 0) is 21.7 Å². The summed E-state index contributed by atoms with van der Waals surface area (Å²) >= 11 is 0. The summed E-state index contributed by atoms with van der Waals surface area (Å²) in [4.78, 5) is 0. The number of alkyl halides is 6. The molecule has 1 rings (SSSR count). The number of hydrogen-bond donors (Lipinski definition) is 0. The molecule has 0 aliphatic heterocycles. The van der Waals surface area contributed by atoms with E-state index >= 15 is 0 Å². The molecule has 0 saturated carbocycles. The largest absolute Gasteiger partial charge is 0.713 e. The van der Waals surface area contributed by atoms with Crippen LogP contribution in [0.3, 0.4) is 0 Å². The summed E-state index contributed by atoms with van der Waals surface area (Å²) in [5, 5.41) is 0. The van der Waals surface area contributed by atoms with E-state index in [0.29, 0.717) is 12.1 Å². The number of rotatable bonds is 6. The molecule has 136 valence electrons. The van der Waals surface area contributed by atoms with Crippen molar-refractivity contribution in [2.75, 3.05) is 0 Å². The summed E-state index contributed by atoms with van der Waals surface area (Å²) in [5.74, 6) is -0.650. The first-order valence-electron chi connectivity index (χ1n) is 7.06. The monoisotopic (exact) mass is 358 g/mol. The van der Waals surface area contributed by atoms with E-state index < -0.39 is 48.8 Å². The third kappa shape index (κ3) is 6.60. The fourth-order valence-corrected chi connectivity index (χ4v) is 1.64. The SMILES string of the molecule is CC(C)OB(Oc1cc(C(F)(F)F)cc(C(F)(F)F)c1)OC(C)C. The summed E-state index contributed by atoms with van der Waals surface area (Å²) in [7, 11) is -1.44. The van der Waals surface area contributed by atoms with E-state index in [2.05, 4.69) is 0 Å². The van der Waals surface area contributed by atoms with Crippen molar-refractivity contribution < 1.29 is 40.3 Å². The van der Waals surface area contributed by atoms with Gasteiger partial charge in [0.15, 0.2) is 0 Å². The Morgan fingerprint density at radius 3 is 1.42 bits per heavy atom. The van der Waals surface area contributed by atoms with E-state index in [0.717, 1.165) is 0 Å². The Morgan fingerprint density at radius 1 is 0.750 bits per heavy atom. The highest BCUT2D eigenvalue weighted by Crippen LogP contribution is 2.38. The summed E-state index contributed by atoms with van der Waals surface area (Å²) in [6.45, 7) is 6.47. The van der Waals surface area contributed by atoms with Crippen molar-refractivity contribution >= 4 is 7.32 Å². The lowest BCUT2D eigenvalue weighted by molar-refractivity contribution is -0.143. The standard InChI is InChI=1S/C14H17BF6O3/c1-8(2)22-15(23-9(3)4)24-12-6-10(13(16,17)18)5-11(7-12)14(19,20)21/h5-9H,1-4H3. The average Bonchev–Trinajstić information content (AvgIpc) is 2.34. The summed E-state index contributed by atoms with van der Waals surface area (Å²) in [6, 6.07) is 0.958.